The number of nitrogens with zero attached hydrogens (tertiary/aromatic N) is 2. The van der Waals surface area contributed by atoms with Gasteiger partial charge in [0.15, 0.2) is 9.84 Å². The molecule has 1 fully saturated rings. The van der Waals surface area contributed by atoms with Gasteiger partial charge in [0.25, 0.3) is 5.91 Å². The minimum atomic E-state index is -3.21. The summed E-state index contributed by atoms with van der Waals surface area (Å²) in [6, 6.07) is 11.8. The van der Waals surface area contributed by atoms with Gasteiger partial charge in [-0.15, -0.1) is 0 Å². The maximum Gasteiger partial charge on any atom is 0.273 e. The van der Waals surface area contributed by atoms with E-state index in [9.17, 15) is 18.3 Å². The van der Waals surface area contributed by atoms with Crippen LogP contribution in [-0.2, 0) is 15.3 Å². The largest absolute Gasteiger partial charge is 0.507 e. The highest BCUT2D eigenvalue weighted by atomic mass is 35.5. The van der Waals surface area contributed by atoms with Crippen molar-refractivity contribution in [3.05, 3.63) is 69.9 Å². The van der Waals surface area contributed by atoms with E-state index in [0.717, 1.165) is 11.1 Å². The number of aromatic amines is 1. The van der Waals surface area contributed by atoms with E-state index in [0.29, 0.717) is 34.0 Å². The fourth-order valence-corrected chi connectivity index (χ4v) is 6.82. The van der Waals surface area contributed by atoms with Crippen LogP contribution in [0.4, 0.5) is 0 Å². The van der Waals surface area contributed by atoms with Crippen LogP contribution in [-0.4, -0.2) is 52.1 Å². The number of benzene rings is 2. The van der Waals surface area contributed by atoms with Gasteiger partial charge in [0, 0.05) is 22.2 Å². The number of carbonyl (C=O) groups excluding carboxylic acids is 1. The minimum Gasteiger partial charge on any atom is -0.507 e. The van der Waals surface area contributed by atoms with Crippen LogP contribution in [0.15, 0.2) is 42.5 Å². The van der Waals surface area contributed by atoms with Gasteiger partial charge in [0.2, 0.25) is 0 Å². The van der Waals surface area contributed by atoms with E-state index >= 15 is 0 Å². The molecule has 2 N–H and O–H groups in total. The fraction of sp³-hybridized carbons (Fsp3) is 0.360. The number of hydrogen-bond donors (Lipinski definition) is 2. The number of rotatable bonds is 3. The molecule has 2 aliphatic heterocycles. The highest BCUT2D eigenvalue weighted by Gasteiger charge is 2.48. The number of fused-ring (bicyclic) bond motifs is 1. The van der Waals surface area contributed by atoms with Crippen molar-refractivity contribution < 1.29 is 18.3 Å². The number of phenols is 1. The minimum absolute atomic E-state index is 0.00475. The van der Waals surface area contributed by atoms with Crippen molar-refractivity contribution in [2.45, 2.75) is 44.7 Å². The second-order valence-electron chi connectivity index (χ2n) is 10.1. The molecule has 0 saturated carbocycles. The summed E-state index contributed by atoms with van der Waals surface area (Å²) in [6.07, 6.45) is 0.389. The van der Waals surface area contributed by atoms with E-state index in [1.807, 2.05) is 24.3 Å². The first kappa shape index (κ1) is 22.9. The summed E-state index contributed by atoms with van der Waals surface area (Å²) in [7, 11) is -3.21. The second kappa shape index (κ2) is 7.85. The molecular formula is C25H26ClN3O4S. The van der Waals surface area contributed by atoms with Gasteiger partial charge in [-0.3, -0.25) is 9.89 Å². The fourth-order valence-electron chi connectivity index (χ4n) is 4.93. The molecule has 2 aromatic carbocycles. The Morgan fingerprint density at radius 3 is 2.47 bits per heavy atom. The Bertz CT molecular complexity index is 1390. The zero-order valence-electron chi connectivity index (χ0n) is 19.2. The first-order valence-electron chi connectivity index (χ1n) is 11.2. The van der Waals surface area contributed by atoms with Gasteiger partial charge in [-0.2, -0.15) is 5.10 Å². The smallest absolute Gasteiger partial charge is 0.273 e. The van der Waals surface area contributed by atoms with E-state index in [1.54, 1.807) is 17.0 Å². The molecule has 1 aromatic heterocycles. The van der Waals surface area contributed by atoms with Crippen molar-refractivity contribution in [1.29, 1.82) is 0 Å². The maximum atomic E-state index is 13.6. The van der Waals surface area contributed by atoms with Crippen molar-refractivity contribution in [3.8, 4) is 17.0 Å². The molecule has 5 rings (SSSR count). The van der Waals surface area contributed by atoms with Gasteiger partial charge in [-0.1, -0.05) is 56.6 Å². The molecule has 3 aromatic rings. The van der Waals surface area contributed by atoms with E-state index in [-0.39, 0.29) is 28.6 Å². The number of carbonyl (C=O) groups is 1. The van der Waals surface area contributed by atoms with Gasteiger partial charge in [0.1, 0.15) is 17.1 Å². The van der Waals surface area contributed by atoms with Crippen LogP contribution in [0.25, 0.3) is 11.3 Å². The van der Waals surface area contributed by atoms with E-state index in [1.165, 1.54) is 6.07 Å². The van der Waals surface area contributed by atoms with Gasteiger partial charge in [0.05, 0.1) is 17.5 Å². The third-order valence-corrected chi connectivity index (χ3v) is 8.70. The number of phenolic OH excluding ortho intramolecular Hbond substituents is 1. The van der Waals surface area contributed by atoms with Crippen molar-refractivity contribution in [2.24, 2.45) is 0 Å². The molecule has 0 radical (unpaired) electrons. The zero-order valence-corrected chi connectivity index (χ0v) is 20.7. The van der Waals surface area contributed by atoms with Gasteiger partial charge in [-0.05, 0) is 41.2 Å². The SMILES string of the molecule is CC(C)(C)c1ccc(C2c3c(-c4cc(Cl)ccc4O)n[nH]c3C(=O)N2C2CCS(=O)(=O)C2)cc1. The van der Waals surface area contributed by atoms with Crippen LogP contribution < -0.4 is 0 Å². The number of aromatic hydroxyl groups is 1. The molecule has 178 valence electrons. The van der Waals surface area contributed by atoms with Crippen molar-refractivity contribution in [3.63, 3.8) is 0 Å². The Morgan fingerprint density at radius 2 is 1.85 bits per heavy atom. The quantitative estimate of drug-likeness (QED) is 0.553. The number of sulfone groups is 1. The Morgan fingerprint density at radius 1 is 1.15 bits per heavy atom. The summed E-state index contributed by atoms with van der Waals surface area (Å²) in [6.45, 7) is 6.39. The molecule has 7 nitrogen and oxygen atoms in total. The summed E-state index contributed by atoms with van der Waals surface area (Å²) >= 11 is 6.20. The number of amides is 1. The number of aromatic nitrogens is 2. The molecule has 1 saturated heterocycles. The number of hydrogen-bond acceptors (Lipinski definition) is 5. The average molecular weight is 500 g/mol. The molecule has 2 atom stereocenters. The lowest BCUT2D eigenvalue weighted by molar-refractivity contribution is 0.0677. The van der Waals surface area contributed by atoms with E-state index in [2.05, 4.69) is 31.0 Å². The van der Waals surface area contributed by atoms with Crippen LogP contribution in [0.5, 0.6) is 5.75 Å². The highest BCUT2D eigenvalue weighted by molar-refractivity contribution is 7.91. The number of halogens is 1. The molecule has 3 heterocycles. The monoisotopic (exact) mass is 499 g/mol. The van der Waals surface area contributed by atoms with Crippen LogP contribution in [0.1, 0.15) is 60.4 Å². The van der Waals surface area contributed by atoms with Crippen molar-refractivity contribution >= 4 is 27.3 Å². The lowest BCUT2D eigenvalue weighted by Crippen LogP contribution is -2.40. The molecular weight excluding hydrogens is 474 g/mol. The first-order chi connectivity index (χ1) is 16.0. The Balaban J connectivity index is 1.68. The van der Waals surface area contributed by atoms with Crippen LogP contribution in [0.3, 0.4) is 0 Å². The topological polar surface area (TPSA) is 103 Å². The Labute approximate surface area is 203 Å². The zero-order chi connectivity index (χ0) is 24.4. The Kier molecular flexibility index (Phi) is 5.29. The van der Waals surface area contributed by atoms with Crippen LogP contribution in [0.2, 0.25) is 5.02 Å². The van der Waals surface area contributed by atoms with Crippen molar-refractivity contribution in [2.75, 3.05) is 11.5 Å². The Hall–Kier alpha value is -2.84. The second-order valence-corrected chi connectivity index (χ2v) is 12.7. The summed E-state index contributed by atoms with van der Waals surface area (Å²) in [5.74, 6) is -0.298. The molecule has 2 unspecified atom stereocenters. The predicted octanol–water partition coefficient (Wildman–Crippen LogP) is 4.47. The number of nitrogens with one attached hydrogen (secondary N) is 1. The molecule has 1 amide bonds. The third-order valence-electron chi connectivity index (χ3n) is 6.71. The first-order valence-corrected chi connectivity index (χ1v) is 13.4. The molecule has 9 heteroatoms. The van der Waals surface area contributed by atoms with Crippen LogP contribution >= 0.6 is 11.6 Å². The maximum absolute atomic E-state index is 13.6. The highest BCUT2D eigenvalue weighted by Crippen LogP contribution is 2.47. The molecule has 0 aliphatic carbocycles. The van der Waals surface area contributed by atoms with Crippen molar-refractivity contribution in [1.82, 2.24) is 15.1 Å². The summed E-state index contributed by atoms with van der Waals surface area (Å²) in [5, 5.41) is 18.2. The molecule has 0 bridgehead atoms. The number of H-pyrrole nitrogens is 1. The molecule has 0 spiro atoms. The van der Waals surface area contributed by atoms with Gasteiger partial charge in [-0.25, -0.2) is 8.42 Å². The predicted molar refractivity (Wildman–Crippen MR) is 131 cm³/mol. The average Bonchev–Trinajstić information content (AvgIpc) is 3.42. The van der Waals surface area contributed by atoms with E-state index < -0.39 is 21.9 Å². The molecule has 2 aliphatic rings. The van der Waals surface area contributed by atoms with Gasteiger partial charge >= 0.3 is 0 Å². The van der Waals surface area contributed by atoms with Gasteiger partial charge < -0.3 is 10.0 Å². The standard InChI is InChI=1S/C25H26ClN3O4S/c1-25(2,3)15-6-4-14(5-7-15)23-20-21(18-12-16(26)8-9-19(18)30)27-28-22(20)24(31)29(23)17-10-11-34(32,33)13-17/h4-9,12,17,23,30H,10-11,13H2,1-3H3,(H,27,28). The lowest BCUT2D eigenvalue weighted by Gasteiger charge is -2.31. The summed E-state index contributed by atoms with van der Waals surface area (Å²) in [4.78, 5) is 15.2. The normalized spacial score (nSPS) is 21.8. The van der Waals surface area contributed by atoms with Crippen LogP contribution in [0, 0.1) is 0 Å². The summed E-state index contributed by atoms with van der Waals surface area (Å²) < 4.78 is 24.6. The molecule has 34 heavy (non-hydrogen) atoms. The lowest BCUT2D eigenvalue weighted by atomic mass is 9.85. The van der Waals surface area contributed by atoms with E-state index in [4.69, 9.17) is 11.6 Å². The summed E-state index contributed by atoms with van der Waals surface area (Å²) in [5.41, 5.74) is 3.73. The third kappa shape index (κ3) is 3.79.